The summed E-state index contributed by atoms with van der Waals surface area (Å²) in [5, 5.41) is 2.26. The highest BCUT2D eigenvalue weighted by Gasteiger charge is 2.38. The van der Waals surface area contributed by atoms with E-state index in [1.54, 1.807) is 13.8 Å². The second-order valence-electron chi connectivity index (χ2n) is 4.13. The van der Waals surface area contributed by atoms with Crippen LogP contribution < -0.4 is 5.32 Å². The normalized spacial score (nSPS) is 13.5. The van der Waals surface area contributed by atoms with E-state index in [2.05, 4.69) is 10.1 Å². The van der Waals surface area contributed by atoms with E-state index in [0.29, 0.717) is 0 Å². The first kappa shape index (κ1) is 22.0. The van der Waals surface area contributed by atoms with Crippen molar-refractivity contribution < 1.29 is 27.9 Å². The molecule has 0 aliphatic carbocycles. The van der Waals surface area contributed by atoms with E-state index in [1.807, 2.05) is 0 Å². The van der Waals surface area contributed by atoms with Crippen LogP contribution >= 0.6 is 42.4 Å². The fourth-order valence-electron chi connectivity index (χ4n) is 1.42. The van der Waals surface area contributed by atoms with Crippen molar-refractivity contribution >= 4 is 54.3 Å². The maximum Gasteiger partial charge on any atom is 0.408 e. The number of nitrogens with one attached hydrogen (secondary N) is 1. The number of alkyl halides is 3. The van der Waals surface area contributed by atoms with Crippen LogP contribution in [0.4, 0.5) is 4.79 Å². The van der Waals surface area contributed by atoms with Crippen molar-refractivity contribution in [2.45, 2.75) is 36.8 Å². The van der Waals surface area contributed by atoms with E-state index in [9.17, 15) is 14.2 Å². The molecule has 0 bridgehead atoms. The number of hydrogen-bond acceptors (Lipinski definition) is 6. The first-order chi connectivity index (χ1) is 10.0. The van der Waals surface area contributed by atoms with Gasteiger partial charge >= 0.3 is 13.7 Å². The number of rotatable bonds is 9. The summed E-state index contributed by atoms with van der Waals surface area (Å²) in [5.74, 6) is -1.50. The molecule has 0 aromatic carbocycles. The van der Waals surface area contributed by atoms with Crippen molar-refractivity contribution in [1.29, 1.82) is 0 Å². The number of hydrogen-bond donors (Lipinski definition) is 1. The highest BCUT2D eigenvalue weighted by molar-refractivity contribution is 7.54. The first-order valence-corrected chi connectivity index (χ1v) is 9.17. The smallest absolute Gasteiger partial charge is 0.408 e. The summed E-state index contributed by atoms with van der Waals surface area (Å²) < 4.78 is 25.8. The van der Waals surface area contributed by atoms with Crippen molar-refractivity contribution in [1.82, 2.24) is 5.32 Å². The third-order valence-corrected chi connectivity index (χ3v) is 4.77. The van der Waals surface area contributed by atoms with Crippen molar-refractivity contribution in [3.05, 3.63) is 0 Å². The number of ether oxygens (including phenoxy) is 1. The maximum atomic E-state index is 12.6. The Balaban J connectivity index is 4.99. The molecule has 0 radical (unpaired) electrons. The Morgan fingerprint density at radius 3 is 2.05 bits per heavy atom. The van der Waals surface area contributed by atoms with E-state index >= 15 is 0 Å². The molecule has 11 heteroatoms. The summed E-state index contributed by atoms with van der Waals surface area (Å²) in [6.07, 6.45) is -1.25. The minimum Gasteiger partial charge on any atom is -0.445 e. The van der Waals surface area contributed by atoms with Gasteiger partial charge in [0, 0.05) is 6.42 Å². The van der Waals surface area contributed by atoms with Gasteiger partial charge in [-0.25, -0.2) is 4.79 Å². The standard InChI is InChI=1S/C11H19Cl3NO6P/c1-4-20-22(18,21-5-2)9(6-8(3)16)15-10(17)19-7-11(12,13)14/h9H,4-7H2,1-3H3,(H,15,17)/t9-/m1/s1. The quantitative estimate of drug-likeness (QED) is 0.471. The van der Waals surface area contributed by atoms with Gasteiger partial charge < -0.3 is 19.1 Å². The average Bonchev–Trinajstić information content (AvgIpc) is 2.35. The predicted octanol–water partition coefficient (Wildman–Crippen LogP) is 3.65. The number of carbonyl (C=O) groups is 2. The zero-order valence-corrected chi connectivity index (χ0v) is 15.6. The summed E-state index contributed by atoms with van der Waals surface area (Å²) in [7, 11) is -3.73. The van der Waals surface area contributed by atoms with Crippen LogP contribution in [0.3, 0.4) is 0 Å². The molecule has 0 saturated heterocycles. The van der Waals surface area contributed by atoms with Crippen LogP contribution in [-0.2, 0) is 23.1 Å². The van der Waals surface area contributed by atoms with Gasteiger partial charge in [0.1, 0.15) is 18.2 Å². The average molecular weight is 399 g/mol. The highest BCUT2D eigenvalue weighted by Crippen LogP contribution is 2.53. The Bertz CT molecular complexity index is 419. The highest BCUT2D eigenvalue weighted by atomic mass is 35.6. The van der Waals surface area contributed by atoms with Gasteiger partial charge in [0.05, 0.1) is 13.2 Å². The van der Waals surface area contributed by atoms with Crippen LogP contribution in [0.25, 0.3) is 0 Å². The number of Topliss-reactive ketones (excluding diaryl/α,β-unsaturated/α-hetero) is 1. The number of halogens is 3. The monoisotopic (exact) mass is 397 g/mol. The summed E-state index contributed by atoms with van der Waals surface area (Å²) in [5.41, 5.74) is 0. The van der Waals surface area contributed by atoms with Crippen LogP contribution in [0, 0.1) is 0 Å². The predicted molar refractivity (Wildman–Crippen MR) is 84.7 cm³/mol. The molecular formula is C11H19Cl3NO6P. The molecule has 1 atom stereocenters. The lowest BCUT2D eigenvalue weighted by atomic mass is 10.3. The van der Waals surface area contributed by atoms with Gasteiger partial charge in [-0.05, 0) is 20.8 Å². The molecule has 22 heavy (non-hydrogen) atoms. The molecular weight excluding hydrogens is 379 g/mol. The minimum absolute atomic E-state index is 0.0799. The van der Waals surface area contributed by atoms with Gasteiger partial charge in [0.15, 0.2) is 0 Å². The summed E-state index contributed by atoms with van der Waals surface area (Å²) in [6.45, 7) is 4.15. The molecule has 7 nitrogen and oxygen atoms in total. The Hall–Kier alpha value is -0.0400. The van der Waals surface area contributed by atoms with Gasteiger partial charge in [0.2, 0.25) is 3.79 Å². The summed E-state index contributed by atoms with van der Waals surface area (Å²) >= 11 is 16.4. The second-order valence-corrected chi connectivity index (χ2v) is 8.87. The molecule has 0 saturated carbocycles. The van der Waals surface area contributed by atoms with Crippen LogP contribution in [-0.4, -0.2) is 41.3 Å². The zero-order chi connectivity index (χ0) is 17.4. The molecule has 0 aromatic rings. The zero-order valence-electron chi connectivity index (χ0n) is 12.4. The first-order valence-electron chi connectivity index (χ1n) is 6.42. The van der Waals surface area contributed by atoms with E-state index in [1.165, 1.54) is 6.92 Å². The Morgan fingerprint density at radius 2 is 1.68 bits per heavy atom. The lowest BCUT2D eigenvalue weighted by molar-refractivity contribution is -0.117. The molecule has 1 amide bonds. The van der Waals surface area contributed by atoms with Crippen LogP contribution in [0.2, 0.25) is 0 Å². The number of alkyl carbamates (subject to hydrolysis) is 1. The van der Waals surface area contributed by atoms with Gasteiger partial charge in [-0.15, -0.1) is 0 Å². The second kappa shape index (κ2) is 9.96. The van der Waals surface area contributed by atoms with Gasteiger partial charge in [0.25, 0.3) is 0 Å². The molecule has 0 heterocycles. The fraction of sp³-hybridized carbons (Fsp3) is 0.818. The van der Waals surface area contributed by atoms with Crippen molar-refractivity contribution in [3.63, 3.8) is 0 Å². The lowest BCUT2D eigenvalue weighted by Crippen LogP contribution is -2.38. The van der Waals surface area contributed by atoms with Gasteiger partial charge in [-0.1, -0.05) is 34.8 Å². The summed E-state index contributed by atoms with van der Waals surface area (Å²) in [6, 6.07) is 0. The number of carbonyl (C=O) groups excluding carboxylic acids is 2. The third-order valence-electron chi connectivity index (χ3n) is 2.13. The largest absolute Gasteiger partial charge is 0.445 e. The number of amides is 1. The van der Waals surface area contributed by atoms with E-state index in [4.69, 9.17) is 43.9 Å². The van der Waals surface area contributed by atoms with Crippen molar-refractivity contribution in [3.8, 4) is 0 Å². The SMILES string of the molecule is CCOP(=O)(OCC)[C@H](CC(C)=O)NC(=O)OCC(Cl)(Cl)Cl. The van der Waals surface area contributed by atoms with E-state index < -0.39 is 29.9 Å². The van der Waals surface area contributed by atoms with E-state index in [0.717, 1.165) is 0 Å². The molecule has 0 aliphatic rings. The third kappa shape index (κ3) is 9.18. The molecule has 0 aliphatic heterocycles. The summed E-state index contributed by atoms with van der Waals surface area (Å²) in [4.78, 5) is 23.0. The van der Waals surface area contributed by atoms with Gasteiger partial charge in [-0.2, -0.15) is 0 Å². The maximum absolute atomic E-state index is 12.6. The molecule has 0 spiro atoms. The molecule has 0 unspecified atom stereocenters. The molecule has 0 fully saturated rings. The minimum atomic E-state index is -3.73. The molecule has 0 rings (SSSR count). The van der Waals surface area contributed by atoms with Crippen molar-refractivity contribution in [2.24, 2.45) is 0 Å². The fourth-order valence-corrected chi connectivity index (χ4v) is 3.48. The van der Waals surface area contributed by atoms with E-state index in [-0.39, 0.29) is 25.4 Å². The van der Waals surface area contributed by atoms with Crippen LogP contribution in [0.1, 0.15) is 27.2 Å². The van der Waals surface area contributed by atoms with Gasteiger partial charge in [-0.3, -0.25) is 9.36 Å². The lowest BCUT2D eigenvalue weighted by Gasteiger charge is -2.26. The van der Waals surface area contributed by atoms with Crippen molar-refractivity contribution in [2.75, 3.05) is 19.8 Å². The Morgan fingerprint density at radius 1 is 1.18 bits per heavy atom. The molecule has 0 aromatic heterocycles. The number of ketones is 1. The molecule has 130 valence electrons. The Kier molecular flexibility index (Phi) is 9.94. The topological polar surface area (TPSA) is 90.9 Å². The Labute approximate surface area is 144 Å². The van der Waals surface area contributed by atoms with Crippen LogP contribution in [0.15, 0.2) is 0 Å². The molecule has 1 N–H and O–H groups in total. The van der Waals surface area contributed by atoms with Crippen LogP contribution in [0.5, 0.6) is 0 Å².